The molecule has 23 heavy (non-hydrogen) atoms. The second-order valence-electron chi connectivity index (χ2n) is 6.75. The molecule has 1 N–H and O–H groups in total. The third-order valence-corrected chi connectivity index (χ3v) is 4.81. The number of hydrogen-bond donors (Lipinski definition) is 1. The van der Waals surface area contributed by atoms with Crippen molar-refractivity contribution in [3.8, 4) is 0 Å². The summed E-state index contributed by atoms with van der Waals surface area (Å²) in [5.74, 6) is 0.181. The Morgan fingerprint density at radius 2 is 1.91 bits per heavy atom. The van der Waals surface area contributed by atoms with E-state index in [0.717, 1.165) is 45.3 Å². The highest BCUT2D eigenvalue weighted by atomic mass is 16.2. The van der Waals surface area contributed by atoms with Crippen molar-refractivity contribution in [2.75, 3.05) is 33.7 Å². The van der Waals surface area contributed by atoms with Crippen LogP contribution in [0.2, 0.25) is 0 Å². The first-order valence-corrected chi connectivity index (χ1v) is 8.83. The van der Waals surface area contributed by atoms with E-state index in [1.165, 1.54) is 5.56 Å². The number of nitrogens with zero attached hydrogens (tertiary/aromatic N) is 2. The fourth-order valence-electron chi connectivity index (χ4n) is 3.32. The van der Waals surface area contributed by atoms with Crippen molar-refractivity contribution in [3.63, 3.8) is 0 Å². The van der Waals surface area contributed by atoms with E-state index in [9.17, 15) is 4.79 Å². The summed E-state index contributed by atoms with van der Waals surface area (Å²) in [6.07, 6.45) is 4.08. The minimum absolute atomic E-state index is 0.00823. The SMILES string of the molecule is CCC(C(=O)NC1CCN(CCc2ccccc2)CC1)N(C)C. The summed E-state index contributed by atoms with van der Waals surface area (Å²) in [6, 6.07) is 11.0. The highest BCUT2D eigenvalue weighted by Gasteiger charge is 2.24. The van der Waals surface area contributed by atoms with E-state index in [2.05, 4.69) is 47.5 Å². The van der Waals surface area contributed by atoms with E-state index >= 15 is 0 Å². The Kier molecular flexibility index (Phi) is 7.06. The van der Waals surface area contributed by atoms with Gasteiger partial charge in [-0.05, 0) is 45.3 Å². The molecular weight excluding hydrogens is 286 g/mol. The van der Waals surface area contributed by atoms with Crippen LogP contribution in [0.4, 0.5) is 0 Å². The fraction of sp³-hybridized carbons (Fsp3) is 0.632. The molecule has 4 heteroatoms. The van der Waals surface area contributed by atoms with Gasteiger partial charge in [0.2, 0.25) is 5.91 Å². The van der Waals surface area contributed by atoms with Crippen LogP contribution in [0.1, 0.15) is 31.7 Å². The second kappa shape index (κ2) is 9.04. The van der Waals surface area contributed by atoms with Gasteiger partial charge in [-0.1, -0.05) is 37.3 Å². The Balaban J connectivity index is 1.70. The summed E-state index contributed by atoms with van der Waals surface area (Å²) in [7, 11) is 3.94. The number of piperidine rings is 1. The number of hydrogen-bond acceptors (Lipinski definition) is 3. The maximum atomic E-state index is 12.3. The third kappa shape index (κ3) is 5.63. The van der Waals surface area contributed by atoms with Crippen molar-refractivity contribution in [2.45, 2.75) is 44.7 Å². The third-order valence-electron chi connectivity index (χ3n) is 4.81. The number of nitrogens with one attached hydrogen (secondary N) is 1. The van der Waals surface area contributed by atoms with E-state index in [4.69, 9.17) is 0 Å². The van der Waals surface area contributed by atoms with Gasteiger partial charge >= 0.3 is 0 Å². The van der Waals surface area contributed by atoms with Gasteiger partial charge in [-0.15, -0.1) is 0 Å². The number of carbonyl (C=O) groups excluding carboxylic acids is 1. The zero-order valence-electron chi connectivity index (χ0n) is 14.8. The van der Waals surface area contributed by atoms with Crippen molar-refractivity contribution in [1.82, 2.24) is 15.1 Å². The van der Waals surface area contributed by atoms with Crippen LogP contribution in [0.3, 0.4) is 0 Å². The normalized spacial score (nSPS) is 18.1. The zero-order chi connectivity index (χ0) is 16.7. The minimum atomic E-state index is -0.00823. The molecule has 4 nitrogen and oxygen atoms in total. The molecule has 0 bridgehead atoms. The first-order valence-electron chi connectivity index (χ1n) is 8.83. The summed E-state index contributed by atoms with van der Waals surface area (Å²) >= 11 is 0. The monoisotopic (exact) mass is 317 g/mol. The Bertz CT molecular complexity index is 467. The molecule has 0 radical (unpaired) electrons. The van der Waals surface area contributed by atoms with E-state index in [1.54, 1.807) is 0 Å². The topological polar surface area (TPSA) is 35.6 Å². The second-order valence-corrected chi connectivity index (χ2v) is 6.75. The van der Waals surface area contributed by atoms with E-state index in [1.807, 2.05) is 19.0 Å². The molecule has 0 saturated carbocycles. The Hall–Kier alpha value is -1.39. The maximum Gasteiger partial charge on any atom is 0.237 e. The van der Waals surface area contributed by atoms with Crippen LogP contribution in [0, 0.1) is 0 Å². The molecule has 2 rings (SSSR count). The van der Waals surface area contributed by atoms with Gasteiger partial charge in [-0.25, -0.2) is 0 Å². The molecule has 1 amide bonds. The summed E-state index contributed by atoms with van der Waals surface area (Å²) in [5.41, 5.74) is 1.40. The van der Waals surface area contributed by atoms with Gasteiger partial charge in [0.15, 0.2) is 0 Å². The van der Waals surface area contributed by atoms with Gasteiger partial charge in [0.25, 0.3) is 0 Å². The predicted octanol–water partition coefficient (Wildman–Crippen LogP) is 2.15. The van der Waals surface area contributed by atoms with E-state index in [0.29, 0.717) is 6.04 Å². The molecule has 0 aliphatic carbocycles. The summed E-state index contributed by atoms with van der Waals surface area (Å²) in [4.78, 5) is 16.8. The number of benzene rings is 1. The highest BCUT2D eigenvalue weighted by Crippen LogP contribution is 2.12. The molecule has 1 aromatic carbocycles. The summed E-state index contributed by atoms with van der Waals surface area (Å²) in [5, 5.41) is 3.24. The van der Waals surface area contributed by atoms with Gasteiger partial charge in [-0.3, -0.25) is 9.69 Å². The summed E-state index contributed by atoms with van der Waals surface area (Å²) in [6.45, 7) is 5.34. The van der Waals surface area contributed by atoms with Crippen molar-refractivity contribution < 1.29 is 4.79 Å². The van der Waals surface area contributed by atoms with Crippen molar-refractivity contribution in [3.05, 3.63) is 35.9 Å². The van der Waals surface area contributed by atoms with Crippen LogP contribution in [0.25, 0.3) is 0 Å². The van der Waals surface area contributed by atoms with Crippen LogP contribution in [0.5, 0.6) is 0 Å². The smallest absolute Gasteiger partial charge is 0.237 e. The molecule has 1 fully saturated rings. The highest BCUT2D eigenvalue weighted by molar-refractivity contribution is 5.81. The van der Waals surface area contributed by atoms with Gasteiger partial charge in [0.1, 0.15) is 0 Å². The quantitative estimate of drug-likeness (QED) is 0.837. The number of likely N-dealkylation sites (N-methyl/N-ethyl adjacent to an activating group) is 1. The van der Waals surface area contributed by atoms with Crippen LogP contribution in [-0.4, -0.2) is 61.5 Å². The summed E-state index contributed by atoms with van der Waals surface area (Å²) < 4.78 is 0. The van der Waals surface area contributed by atoms with Crippen LogP contribution >= 0.6 is 0 Å². The number of carbonyl (C=O) groups is 1. The first kappa shape index (κ1) is 18.0. The van der Waals surface area contributed by atoms with Crippen LogP contribution in [0.15, 0.2) is 30.3 Å². The van der Waals surface area contributed by atoms with E-state index < -0.39 is 0 Å². The largest absolute Gasteiger partial charge is 0.352 e. The molecule has 0 aromatic heterocycles. The van der Waals surface area contributed by atoms with E-state index in [-0.39, 0.29) is 11.9 Å². The molecule has 1 atom stereocenters. The Morgan fingerprint density at radius 1 is 1.26 bits per heavy atom. The lowest BCUT2D eigenvalue weighted by Gasteiger charge is -2.33. The molecule has 128 valence electrons. The van der Waals surface area contributed by atoms with Crippen LogP contribution in [-0.2, 0) is 11.2 Å². The molecule has 1 heterocycles. The number of likely N-dealkylation sites (tertiary alicyclic amines) is 1. The fourth-order valence-corrected chi connectivity index (χ4v) is 3.32. The lowest BCUT2D eigenvalue weighted by Crippen LogP contribution is -2.50. The predicted molar refractivity (Wildman–Crippen MR) is 95.5 cm³/mol. The Morgan fingerprint density at radius 3 is 2.48 bits per heavy atom. The average Bonchev–Trinajstić information content (AvgIpc) is 2.55. The van der Waals surface area contributed by atoms with Gasteiger partial charge in [0, 0.05) is 25.7 Å². The van der Waals surface area contributed by atoms with Gasteiger partial charge < -0.3 is 10.2 Å². The average molecular weight is 317 g/mol. The molecule has 1 aliphatic rings. The lowest BCUT2D eigenvalue weighted by molar-refractivity contribution is -0.126. The van der Waals surface area contributed by atoms with Crippen molar-refractivity contribution in [2.24, 2.45) is 0 Å². The lowest BCUT2D eigenvalue weighted by atomic mass is 10.0. The maximum absolute atomic E-state index is 12.3. The van der Waals surface area contributed by atoms with Gasteiger partial charge in [0.05, 0.1) is 6.04 Å². The molecule has 1 saturated heterocycles. The molecule has 1 unspecified atom stereocenters. The number of rotatable bonds is 7. The molecule has 0 spiro atoms. The Labute approximate surface area is 140 Å². The minimum Gasteiger partial charge on any atom is -0.352 e. The number of amides is 1. The molecule has 1 aromatic rings. The van der Waals surface area contributed by atoms with Crippen molar-refractivity contribution in [1.29, 1.82) is 0 Å². The zero-order valence-corrected chi connectivity index (χ0v) is 14.8. The molecule has 1 aliphatic heterocycles. The van der Waals surface area contributed by atoms with Crippen LogP contribution < -0.4 is 5.32 Å². The van der Waals surface area contributed by atoms with Crippen molar-refractivity contribution >= 4 is 5.91 Å². The standard InChI is InChI=1S/C19H31N3O/c1-4-18(21(2)3)19(23)20-17-11-14-22(15-12-17)13-10-16-8-6-5-7-9-16/h5-9,17-18H,4,10-15H2,1-3H3,(H,20,23). The first-order chi connectivity index (χ1) is 11.1. The molecular formula is C19H31N3O. The van der Waals surface area contributed by atoms with Gasteiger partial charge in [-0.2, -0.15) is 0 Å².